The summed E-state index contributed by atoms with van der Waals surface area (Å²) in [7, 11) is -3.27. The Kier molecular flexibility index (Phi) is 11.0. The van der Waals surface area contributed by atoms with E-state index in [4.69, 9.17) is 16.3 Å². The molecule has 0 heterocycles. The summed E-state index contributed by atoms with van der Waals surface area (Å²) in [6.45, 7) is 7.87. The summed E-state index contributed by atoms with van der Waals surface area (Å²) in [5.74, 6) is -0.991. The molecule has 0 saturated heterocycles. The molecule has 0 aromatic heterocycles. The summed E-state index contributed by atoms with van der Waals surface area (Å²) >= 11 is 6.26. The normalized spacial score (nSPS) is 12.2. The monoisotopic (exact) mass is 644 g/mol. The molecule has 0 aliphatic carbocycles. The van der Waals surface area contributed by atoms with Crippen molar-refractivity contribution in [1.82, 2.24) is 10.2 Å². The zero-order chi connectivity index (χ0) is 32.8. The first-order chi connectivity index (χ1) is 20.5. The number of aryl methyl sites for hydroxylation is 1. The maximum absolute atomic E-state index is 14.2. The van der Waals surface area contributed by atoms with Gasteiger partial charge < -0.3 is 15.0 Å². The minimum Gasteiger partial charge on any atom is -0.495 e. The lowest BCUT2D eigenvalue weighted by Gasteiger charge is -2.33. The highest BCUT2D eigenvalue weighted by molar-refractivity contribution is 7.92. The highest BCUT2D eigenvalue weighted by Gasteiger charge is 2.35. The second-order valence-electron chi connectivity index (χ2n) is 11.3. The maximum atomic E-state index is 14.2. The third kappa shape index (κ3) is 8.48. The molecule has 0 aliphatic rings. The number of carbonyl (C=O) groups is 2. The van der Waals surface area contributed by atoms with Crippen LogP contribution >= 0.6 is 11.6 Å². The van der Waals surface area contributed by atoms with Gasteiger partial charge in [0.05, 0.1) is 22.6 Å². The van der Waals surface area contributed by atoms with Crippen molar-refractivity contribution >= 4 is 44.8 Å². The van der Waals surface area contributed by atoms with Crippen LogP contribution in [-0.2, 0) is 26.0 Å². The van der Waals surface area contributed by atoms with Crippen molar-refractivity contribution in [2.45, 2.75) is 57.5 Å². The number of rotatable bonds is 12. The maximum Gasteiger partial charge on any atom is 0.273 e. The lowest BCUT2D eigenvalue weighted by atomic mass is 10.1. The van der Waals surface area contributed by atoms with E-state index >= 15 is 0 Å². The van der Waals surface area contributed by atoms with Crippen molar-refractivity contribution in [3.8, 4) is 5.75 Å². The Morgan fingerprint density at radius 2 is 1.73 bits per heavy atom. The summed E-state index contributed by atoms with van der Waals surface area (Å²) in [4.78, 5) is 39.2. The molecule has 0 saturated carbocycles. The molecule has 3 aromatic carbocycles. The van der Waals surface area contributed by atoms with Gasteiger partial charge in [0.25, 0.3) is 15.7 Å². The first-order valence-corrected chi connectivity index (χ1v) is 15.6. The van der Waals surface area contributed by atoms with Crippen molar-refractivity contribution < 1.29 is 27.7 Å². The van der Waals surface area contributed by atoms with Gasteiger partial charge in [0, 0.05) is 28.7 Å². The van der Waals surface area contributed by atoms with Crippen molar-refractivity contribution in [2.75, 3.05) is 24.5 Å². The largest absolute Gasteiger partial charge is 0.495 e. The number of hydrogen-bond donors (Lipinski definition) is 1. The molecule has 3 rings (SSSR count). The zero-order valence-electron chi connectivity index (χ0n) is 25.5. The smallest absolute Gasteiger partial charge is 0.273 e. The number of halogens is 1. The average Bonchev–Trinajstić information content (AvgIpc) is 2.95. The van der Waals surface area contributed by atoms with Gasteiger partial charge in [-0.2, -0.15) is 0 Å². The fourth-order valence-corrected chi connectivity index (χ4v) is 6.09. The lowest BCUT2D eigenvalue weighted by Crippen LogP contribution is -2.55. The van der Waals surface area contributed by atoms with Gasteiger partial charge >= 0.3 is 0 Å². The van der Waals surface area contributed by atoms with Gasteiger partial charge in [0.1, 0.15) is 18.3 Å². The number of benzene rings is 3. The van der Waals surface area contributed by atoms with Crippen LogP contribution in [0, 0.1) is 17.0 Å². The predicted molar refractivity (Wildman–Crippen MR) is 170 cm³/mol. The minimum atomic E-state index is -4.60. The van der Waals surface area contributed by atoms with Crippen LogP contribution < -0.4 is 14.4 Å². The molecule has 0 unspecified atom stereocenters. The number of carbonyl (C=O) groups excluding carboxylic acids is 2. The van der Waals surface area contributed by atoms with Gasteiger partial charge in [0.2, 0.25) is 11.8 Å². The van der Waals surface area contributed by atoms with Crippen LogP contribution in [0.4, 0.5) is 11.4 Å². The molecule has 0 fully saturated rings. The van der Waals surface area contributed by atoms with Gasteiger partial charge in [-0.3, -0.25) is 24.0 Å². The van der Waals surface area contributed by atoms with Crippen molar-refractivity contribution in [3.63, 3.8) is 0 Å². The molecule has 0 spiro atoms. The minimum absolute atomic E-state index is 0.0496. The molecule has 0 radical (unpaired) electrons. The molecule has 236 valence electrons. The molecular formula is C31H37ClN4O7S. The molecule has 0 bridgehead atoms. The van der Waals surface area contributed by atoms with Gasteiger partial charge in [-0.05, 0) is 70.9 Å². The molecule has 13 heteroatoms. The number of nitro benzene ring substituents is 1. The second kappa shape index (κ2) is 14.1. The first kappa shape index (κ1) is 34.3. The average molecular weight is 645 g/mol. The Balaban J connectivity index is 2.12. The quantitative estimate of drug-likeness (QED) is 0.213. The van der Waals surface area contributed by atoms with Crippen molar-refractivity contribution in [2.24, 2.45) is 0 Å². The Labute approximate surface area is 263 Å². The Morgan fingerprint density at radius 1 is 1.07 bits per heavy atom. The van der Waals surface area contributed by atoms with E-state index in [1.54, 1.807) is 6.92 Å². The van der Waals surface area contributed by atoms with E-state index in [1.165, 1.54) is 49.3 Å². The molecule has 3 aromatic rings. The van der Waals surface area contributed by atoms with E-state index in [0.717, 1.165) is 15.9 Å². The highest BCUT2D eigenvalue weighted by Crippen LogP contribution is 2.36. The van der Waals surface area contributed by atoms with E-state index in [0.29, 0.717) is 6.42 Å². The molecule has 44 heavy (non-hydrogen) atoms. The van der Waals surface area contributed by atoms with E-state index in [-0.39, 0.29) is 28.6 Å². The van der Waals surface area contributed by atoms with E-state index in [1.807, 2.05) is 51.1 Å². The van der Waals surface area contributed by atoms with E-state index < -0.39 is 55.5 Å². The lowest BCUT2D eigenvalue weighted by molar-refractivity contribution is -0.385. The Hall–Kier alpha value is -4.16. The number of sulfonamides is 1. The van der Waals surface area contributed by atoms with Gasteiger partial charge in [-0.25, -0.2) is 8.42 Å². The van der Waals surface area contributed by atoms with Crippen LogP contribution in [-0.4, -0.2) is 61.8 Å². The third-order valence-corrected chi connectivity index (χ3v) is 8.79. The Bertz CT molecular complexity index is 1630. The first-order valence-electron chi connectivity index (χ1n) is 13.8. The van der Waals surface area contributed by atoms with Crippen molar-refractivity contribution in [3.05, 3.63) is 93.0 Å². The summed E-state index contributed by atoms with van der Waals surface area (Å²) < 4.78 is 34.6. The van der Waals surface area contributed by atoms with Crippen LogP contribution in [0.25, 0.3) is 0 Å². The third-order valence-electron chi connectivity index (χ3n) is 6.80. The van der Waals surface area contributed by atoms with Crippen LogP contribution in [0.5, 0.6) is 5.75 Å². The van der Waals surface area contributed by atoms with Crippen LogP contribution in [0.3, 0.4) is 0 Å². The van der Waals surface area contributed by atoms with Crippen LogP contribution in [0.1, 0.15) is 38.8 Å². The highest BCUT2D eigenvalue weighted by atomic mass is 35.5. The number of nitro groups is 1. The number of ether oxygens (including phenoxy) is 1. The van der Waals surface area contributed by atoms with Gasteiger partial charge in [-0.15, -0.1) is 0 Å². The summed E-state index contributed by atoms with van der Waals surface area (Å²) in [6.07, 6.45) is 0.400. The molecule has 1 atom stereocenters. The van der Waals surface area contributed by atoms with Crippen LogP contribution in [0.15, 0.2) is 71.6 Å². The number of anilines is 1. The number of nitrogens with one attached hydrogen (secondary N) is 1. The molecular weight excluding hydrogens is 608 g/mol. The standard InChI is InChI=1S/C31H37ClN4O7S/c1-21-12-14-25(19-26(21)36(39)40)44(41,42)35(27-18-24(32)13-15-28(27)43-6)20-29(37)34(17-16-23-10-8-7-9-11-23)22(2)30(38)33-31(3,4)5/h7-15,18-19,22H,16-17,20H2,1-6H3,(H,33,38)/t22-/m1/s1. The molecule has 0 aliphatic heterocycles. The fourth-order valence-electron chi connectivity index (χ4n) is 4.49. The number of nitrogens with zero attached hydrogens (tertiary/aromatic N) is 3. The SMILES string of the molecule is COc1ccc(Cl)cc1N(CC(=O)N(CCc1ccccc1)[C@H](C)C(=O)NC(C)(C)C)S(=O)(=O)c1ccc(C)c([N+](=O)[O-])c1. The number of methoxy groups -OCH3 is 1. The molecule has 2 amide bonds. The second-order valence-corrected chi connectivity index (χ2v) is 13.6. The topological polar surface area (TPSA) is 139 Å². The summed E-state index contributed by atoms with van der Waals surface area (Å²) in [5, 5.41) is 14.7. The summed E-state index contributed by atoms with van der Waals surface area (Å²) in [5.41, 5.74) is 0.159. The predicted octanol–water partition coefficient (Wildman–Crippen LogP) is 5.14. The van der Waals surface area contributed by atoms with E-state index in [2.05, 4.69) is 5.32 Å². The van der Waals surface area contributed by atoms with E-state index in [9.17, 15) is 28.1 Å². The van der Waals surface area contributed by atoms with Gasteiger partial charge in [-0.1, -0.05) is 48.0 Å². The number of hydrogen-bond acceptors (Lipinski definition) is 7. The van der Waals surface area contributed by atoms with Crippen LogP contribution in [0.2, 0.25) is 5.02 Å². The molecule has 11 nitrogen and oxygen atoms in total. The van der Waals surface area contributed by atoms with Crippen molar-refractivity contribution in [1.29, 1.82) is 0 Å². The number of amides is 2. The zero-order valence-corrected chi connectivity index (χ0v) is 27.1. The fraction of sp³-hybridized carbons (Fsp3) is 0.355. The molecule has 1 N–H and O–H groups in total. The van der Waals surface area contributed by atoms with Gasteiger partial charge in [0.15, 0.2) is 0 Å². The Morgan fingerprint density at radius 3 is 2.32 bits per heavy atom. The summed E-state index contributed by atoms with van der Waals surface area (Å²) in [6, 6.07) is 16.2.